The molecule has 3 aliphatic rings. The van der Waals surface area contributed by atoms with E-state index in [0.717, 1.165) is 19.3 Å². The first-order chi connectivity index (χ1) is 12.5. The molecule has 0 spiro atoms. The third-order valence-corrected chi connectivity index (χ3v) is 8.56. The van der Waals surface area contributed by atoms with E-state index in [-0.39, 0.29) is 34.8 Å². The predicted octanol–water partition coefficient (Wildman–Crippen LogP) is 3.72. The molecule has 0 radical (unpaired) electrons. The van der Waals surface area contributed by atoms with E-state index in [4.69, 9.17) is 9.47 Å². The van der Waals surface area contributed by atoms with Crippen molar-refractivity contribution in [2.45, 2.75) is 85.4 Å². The molecule has 5 nitrogen and oxygen atoms in total. The van der Waals surface area contributed by atoms with Crippen molar-refractivity contribution in [2.24, 2.45) is 34.0 Å². The lowest BCUT2D eigenvalue weighted by molar-refractivity contribution is -0.249. The summed E-state index contributed by atoms with van der Waals surface area (Å²) in [5.41, 5.74) is -0.381. The molecule has 0 unspecified atom stereocenters. The van der Waals surface area contributed by atoms with Gasteiger partial charge in [0.15, 0.2) is 0 Å². The Kier molecular flexibility index (Phi) is 5.16. The van der Waals surface area contributed by atoms with Crippen LogP contribution in [0.4, 0.5) is 0 Å². The minimum absolute atomic E-state index is 0.0786. The van der Waals surface area contributed by atoms with E-state index < -0.39 is 17.4 Å². The Balaban J connectivity index is 2.07. The Bertz CT molecular complexity index is 614. The van der Waals surface area contributed by atoms with Gasteiger partial charge in [-0.25, -0.2) is 0 Å². The van der Waals surface area contributed by atoms with E-state index in [1.807, 2.05) is 6.92 Å². The van der Waals surface area contributed by atoms with Crippen LogP contribution in [0.1, 0.15) is 73.1 Å². The van der Waals surface area contributed by atoms with Gasteiger partial charge in [-0.05, 0) is 54.8 Å². The lowest BCUT2D eigenvalue weighted by Gasteiger charge is -2.67. The summed E-state index contributed by atoms with van der Waals surface area (Å²) >= 11 is 0. The molecular formula is C22H36O5. The third kappa shape index (κ3) is 3.01. The van der Waals surface area contributed by atoms with Crippen molar-refractivity contribution in [2.75, 3.05) is 7.11 Å². The van der Waals surface area contributed by atoms with Crippen LogP contribution < -0.4 is 0 Å². The number of hydrogen-bond acceptors (Lipinski definition) is 5. The van der Waals surface area contributed by atoms with Crippen LogP contribution >= 0.6 is 0 Å². The lowest BCUT2D eigenvalue weighted by atomic mass is 9.39. The summed E-state index contributed by atoms with van der Waals surface area (Å²) in [6, 6.07) is 0. The standard InChI is InChI=1S/C22H36O5/c1-13(23)27-17-12-16-20(2,3)10-7-11-21(16,4)15-9-8-14(19(25)26-6)18(24)22(15,17)5/h14-18,24H,7-12H2,1-6H3/t14-,15-,16+,17-,18-,21-,22+/m1/s1. The van der Waals surface area contributed by atoms with Gasteiger partial charge in [0.25, 0.3) is 0 Å². The molecule has 3 aliphatic carbocycles. The number of rotatable bonds is 2. The molecule has 5 heteroatoms. The quantitative estimate of drug-likeness (QED) is 0.739. The molecule has 0 aromatic rings. The second-order valence-electron chi connectivity index (χ2n) is 10.3. The molecule has 0 saturated heterocycles. The van der Waals surface area contributed by atoms with Crippen molar-refractivity contribution in [1.29, 1.82) is 0 Å². The molecule has 0 aliphatic heterocycles. The summed E-state index contributed by atoms with van der Waals surface area (Å²) in [5.74, 6) is -0.581. The summed E-state index contributed by atoms with van der Waals surface area (Å²) in [6.45, 7) is 10.5. The average Bonchev–Trinajstić information content (AvgIpc) is 2.57. The van der Waals surface area contributed by atoms with E-state index in [1.165, 1.54) is 26.9 Å². The number of esters is 2. The first-order valence-corrected chi connectivity index (χ1v) is 10.4. The van der Waals surface area contributed by atoms with Gasteiger partial charge in [-0.15, -0.1) is 0 Å². The number of ether oxygens (including phenoxy) is 2. The minimum Gasteiger partial charge on any atom is -0.469 e. The number of methoxy groups -OCH3 is 1. The second-order valence-corrected chi connectivity index (χ2v) is 10.3. The number of carbonyl (C=O) groups is 2. The molecular weight excluding hydrogens is 344 g/mol. The van der Waals surface area contributed by atoms with Gasteiger partial charge in [-0.3, -0.25) is 9.59 Å². The Labute approximate surface area is 163 Å². The lowest BCUT2D eigenvalue weighted by Crippen LogP contribution is -2.67. The fourth-order valence-electron chi connectivity index (χ4n) is 7.32. The maximum absolute atomic E-state index is 12.3. The zero-order chi connectivity index (χ0) is 20.2. The molecule has 154 valence electrons. The van der Waals surface area contributed by atoms with Crippen molar-refractivity contribution in [3.8, 4) is 0 Å². The van der Waals surface area contributed by atoms with E-state index in [9.17, 15) is 14.7 Å². The monoisotopic (exact) mass is 380 g/mol. The first kappa shape index (κ1) is 20.6. The van der Waals surface area contributed by atoms with E-state index in [0.29, 0.717) is 12.3 Å². The molecule has 3 rings (SSSR count). The fraction of sp³-hybridized carbons (Fsp3) is 0.909. The van der Waals surface area contributed by atoms with E-state index in [1.54, 1.807) is 0 Å². The maximum Gasteiger partial charge on any atom is 0.311 e. The van der Waals surface area contributed by atoms with E-state index >= 15 is 0 Å². The van der Waals surface area contributed by atoms with Crippen LogP contribution in [0.5, 0.6) is 0 Å². The predicted molar refractivity (Wildman–Crippen MR) is 102 cm³/mol. The molecule has 0 amide bonds. The number of aliphatic hydroxyl groups excluding tert-OH is 1. The smallest absolute Gasteiger partial charge is 0.311 e. The number of aliphatic hydroxyl groups is 1. The fourth-order valence-corrected chi connectivity index (χ4v) is 7.32. The largest absolute Gasteiger partial charge is 0.469 e. The molecule has 0 bridgehead atoms. The topological polar surface area (TPSA) is 72.8 Å². The van der Waals surface area contributed by atoms with Crippen LogP contribution in [-0.2, 0) is 19.1 Å². The van der Waals surface area contributed by atoms with Crippen LogP contribution in [0.15, 0.2) is 0 Å². The average molecular weight is 381 g/mol. The highest BCUT2D eigenvalue weighted by molar-refractivity contribution is 5.73. The van der Waals surface area contributed by atoms with Crippen molar-refractivity contribution < 1.29 is 24.2 Å². The molecule has 0 aromatic heterocycles. The Morgan fingerprint density at radius 1 is 1.04 bits per heavy atom. The Morgan fingerprint density at radius 2 is 1.70 bits per heavy atom. The summed E-state index contributed by atoms with van der Waals surface area (Å²) < 4.78 is 10.8. The van der Waals surface area contributed by atoms with Crippen LogP contribution in [0, 0.1) is 34.0 Å². The van der Waals surface area contributed by atoms with Gasteiger partial charge in [-0.1, -0.05) is 34.1 Å². The van der Waals surface area contributed by atoms with Crippen molar-refractivity contribution in [3.63, 3.8) is 0 Å². The van der Waals surface area contributed by atoms with Gasteiger partial charge < -0.3 is 14.6 Å². The molecule has 3 fully saturated rings. The highest BCUT2D eigenvalue weighted by atomic mass is 16.5. The third-order valence-electron chi connectivity index (χ3n) is 8.56. The number of carbonyl (C=O) groups excluding carboxylic acids is 2. The zero-order valence-electron chi connectivity index (χ0n) is 17.7. The molecule has 27 heavy (non-hydrogen) atoms. The summed E-state index contributed by atoms with van der Waals surface area (Å²) in [6.07, 6.45) is 4.48. The van der Waals surface area contributed by atoms with Gasteiger partial charge >= 0.3 is 11.9 Å². The molecule has 1 N–H and O–H groups in total. The van der Waals surface area contributed by atoms with Gasteiger partial charge in [-0.2, -0.15) is 0 Å². The van der Waals surface area contributed by atoms with Crippen LogP contribution in [0.25, 0.3) is 0 Å². The molecule has 3 saturated carbocycles. The number of hydrogen-bond donors (Lipinski definition) is 1. The second kappa shape index (κ2) is 6.75. The zero-order valence-corrected chi connectivity index (χ0v) is 17.7. The van der Waals surface area contributed by atoms with Crippen LogP contribution in [0.3, 0.4) is 0 Å². The Hall–Kier alpha value is -1.10. The normalized spacial score (nSPS) is 46.0. The summed E-state index contributed by atoms with van der Waals surface area (Å²) in [4.78, 5) is 24.2. The van der Waals surface area contributed by atoms with Gasteiger partial charge in [0.2, 0.25) is 0 Å². The van der Waals surface area contributed by atoms with Gasteiger partial charge in [0.05, 0.1) is 19.1 Å². The maximum atomic E-state index is 12.3. The molecule has 7 atom stereocenters. The highest BCUT2D eigenvalue weighted by Gasteiger charge is 2.67. The van der Waals surface area contributed by atoms with Crippen LogP contribution in [-0.4, -0.2) is 36.4 Å². The van der Waals surface area contributed by atoms with E-state index in [2.05, 4.69) is 20.8 Å². The van der Waals surface area contributed by atoms with Gasteiger partial charge in [0, 0.05) is 12.3 Å². The van der Waals surface area contributed by atoms with Crippen molar-refractivity contribution in [3.05, 3.63) is 0 Å². The molecule has 0 aromatic carbocycles. The Morgan fingerprint density at radius 3 is 2.30 bits per heavy atom. The van der Waals surface area contributed by atoms with Gasteiger partial charge in [0.1, 0.15) is 6.10 Å². The first-order valence-electron chi connectivity index (χ1n) is 10.4. The highest BCUT2D eigenvalue weighted by Crippen LogP contribution is 2.68. The molecule has 0 heterocycles. The van der Waals surface area contributed by atoms with Crippen molar-refractivity contribution in [1.82, 2.24) is 0 Å². The summed E-state index contributed by atoms with van der Waals surface area (Å²) in [7, 11) is 1.37. The van der Waals surface area contributed by atoms with Crippen LogP contribution in [0.2, 0.25) is 0 Å². The summed E-state index contributed by atoms with van der Waals surface area (Å²) in [5, 5.41) is 11.4. The number of fused-ring (bicyclic) bond motifs is 3. The van der Waals surface area contributed by atoms with Crippen molar-refractivity contribution >= 4 is 11.9 Å². The SMILES string of the molecule is COC(=O)[C@@H]1CC[C@@H]2[C@@]3(C)CCCC(C)(C)[C@@H]3C[C@@H](OC(C)=O)[C@@]2(C)[C@@H]1O. The minimum atomic E-state index is -0.865.